The molecular formula is C18H26N6O. The summed E-state index contributed by atoms with van der Waals surface area (Å²) in [7, 11) is 0. The predicted molar refractivity (Wildman–Crippen MR) is 94.9 cm³/mol. The zero-order chi connectivity index (χ0) is 17.2. The van der Waals surface area contributed by atoms with E-state index in [4.69, 9.17) is 10.8 Å². The topological polar surface area (TPSA) is 89.9 Å². The Balaban J connectivity index is 1.49. The lowest BCUT2D eigenvalue weighted by Gasteiger charge is -2.18. The summed E-state index contributed by atoms with van der Waals surface area (Å²) < 4.78 is 1.85. The van der Waals surface area contributed by atoms with E-state index in [1.54, 1.807) is 12.4 Å². The van der Waals surface area contributed by atoms with Crippen molar-refractivity contribution in [1.29, 1.82) is 0 Å². The highest BCUT2D eigenvalue weighted by atomic mass is 16.2. The standard InChI is InChI=1S/C18H26N6O/c19-6-10-24-18-17(20-7-8-21-18)16(22-24)14-5-9-23(12-14)15(25)11-13-3-1-2-4-13/h7-8,13-14H,1-6,9-12,19H2/t14-/m1/s1. The van der Waals surface area contributed by atoms with Crippen LogP contribution in [-0.2, 0) is 11.3 Å². The summed E-state index contributed by atoms with van der Waals surface area (Å²) >= 11 is 0. The Morgan fingerprint density at radius 2 is 2.00 bits per heavy atom. The average molecular weight is 342 g/mol. The number of nitrogens with two attached hydrogens (primary N) is 1. The highest BCUT2D eigenvalue weighted by Gasteiger charge is 2.32. The average Bonchev–Trinajstić information content (AvgIpc) is 3.35. The highest BCUT2D eigenvalue weighted by Crippen LogP contribution is 2.32. The van der Waals surface area contributed by atoms with Gasteiger partial charge in [0, 0.05) is 44.4 Å². The fourth-order valence-electron chi connectivity index (χ4n) is 4.28. The van der Waals surface area contributed by atoms with Crippen LogP contribution in [0.1, 0.15) is 50.1 Å². The van der Waals surface area contributed by atoms with Gasteiger partial charge in [-0.15, -0.1) is 0 Å². The molecule has 4 rings (SSSR count). The number of rotatable bonds is 5. The second kappa shape index (κ2) is 7.07. The lowest BCUT2D eigenvalue weighted by Crippen LogP contribution is -2.29. The molecule has 2 aliphatic rings. The number of fused-ring (bicyclic) bond motifs is 1. The molecule has 0 unspecified atom stereocenters. The first-order chi connectivity index (χ1) is 12.3. The van der Waals surface area contributed by atoms with Crippen molar-refractivity contribution < 1.29 is 4.79 Å². The number of hydrogen-bond acceptors (Lipinski definition) is 5. The zero-order valence-corrected chi connectivity index (χ0v) is 14.6. The molecule has 0 bridgehead atoms. The van der Waals surface area contributed by atoms with Gasteiger partial charge in [0.05, 0.1) is 12.2 Å². The van der Waals surface area contributed by atoms with Gasteiger partial charge in [-0.3, -0.25) is 4.79 Å². The van der Waals surface area contributed by atoms with E-state index in [0.717, 1.165) is 42.8 Å². The van der Waals surface area contributed by atoms with Crippen LogP contribution in [0.4, 0.5) is 0 Å². The number of carbonyl (C=O) groups is 1. The van der Waals surface area contributed by atoms with E-state index in [0.29, 0.717) is 24.9 Å². The first-order valence-corrected chi connectivity index (χ1v) is 9.41. The van der Waals surface area contributed by atoms with Gasteiger partial charge >= 0.3 is 0 Å². The van der Waals surface area contributed by atoms with Crippen molar-refractivity contribution in [3.05, 3.63) is 18.1 Å². The summed E-state index contributed by atoms with van der Waals surface area (Å²) in [6.45, 7) is 2.72. The molecule has 134 valence electrons. The van der Waals surface area contributed by atoms with E-state index >= 15 is 0 Å². The van der Waals surface area contributed by atoms with Crippen LogP contribution in [0.25, 0.3) is 11.2 Å². The SMILES string of the molecule is NCCn1nc([C@@H]2CCN(C(=O)CC3CCCC3)C2)c2nccnc21. The van der Waals surface area contributed by atoms with Crippen molar-refractivity contribution in [3.63, 3.8) is 0 Å². The monoisotopic (exact) mass is 342 g/mol. The first-order valence-electron chi connectivity index (χ1n) is 9.41. The molecule has 0 spiro atoms. The van der Waals surface area contributed by atoms with E-state index in [-0.39, 0.29) is 5.92 Å². The van der Waals surface area contributed by atoms with Crippen molar-refractivity contribution in [2.75, 3.05) is 19.6 Å². The minimum Gasteiger partial charge on any atom is -0.342 e. The Kier molecular flexibility index (Phi) is 4.65. The van der Waals surface area contributed by atoms with Gasteiger partial charge in [-0.1, -0.05) is 12.8 Å². The van der Waals surface area contributed by atoms with Gasteiger partial charge in [-0.25, -0.2) is 14.6 Å². The van der Waals surface area contributed by atoms with Crippen molar-refractivity contribution in [2.24, 2.45) is 11.7 Å². The Labute approximate surface area is 147 Å². The second-order valence-electron chi connectivity index (χ2n) is 7.31. The fraction of sp³-hybridized carbons (Fsp3) is 0.667. The largest absolute Gasteiger partial charge is 0.342 e. The van der Waals surface area contributed by atoms with Crippen LogP contribution >= 0.6 is 0 Å². The molecule has 1 atom stereocenters. The van der Waals surface area contributed by atoms with Crippen LogP contribution in [0.5, 0.6) is 0 Å². The summed E-state index contributed by atoms with van der Waals surface area (Å²) in [6.07, 6.45) is 10.1. The van der Waals surface area contributed by atoms with Crippen LogP contribution in [-0.4, -0.2) is 50.2 Å². The maximum Gasteiger partial charge on any atom is 0.222 e. The molecule has 0 radical (unpaired) electrons. The number of amides is 1. The molecule has 1 saturated carbocycles. The number of likely N-dealkylation sites (tertiary alicyclic amines) is 1. The molecule has 1 amide bonds. The summed E-state index contributed by atoms with van der Waals surface area (Å²) in [5.41, 5.74) is 8.30. The van der Waals surface area contributed by atoms with Gasteiger partial charge in [0.25, 0.3) is 0 Å². The highest BCUT2D eigenvalue weighted by molar-refractivity contribution is 5.78. The van der Waals surface area contributed by atoms with E-state index in [1.807, 2.05) is 9.58 Å². The van der Waals surface area contributed by atoms with Gasteiger partial charge in [0.1, 0.15) is 5.52 Å². The molecule has 2 fully saturated rings. The third kappa shape index (κ3) is 3.25. The molecule has 25 heavy (non-hydrogen) atoms. The molecule has 2 aromatic heterocycles. The lowest BCUT2D eigenvalue weighted by atomic mass is 10.0. The molecule has 7 heteroatoms. The minimum absolute atomic E-state index is 0.241. The molecule has 1 aliphatic heterocycles. The van der Waals surface area contributed by atoms with Crippen LogP contribution in [0.15, 0.2) is 12.4 Å². The Bertz CT molecular complexity index is 751. The number of hydrogen-bond donors (Lipinski definition) is 1. The number of nitrogens with zero attached hydrogens (tertiary/aromatic N) is 5. The second-order valence-corrected chi connectivity index (χ2v) is 7.31. The molecule has 1 saturated heterocycles. The third-order valence-electron chi connectivity index (χ3n) is 5.60. The fourth-order valence-corrected chi connectivity index (χ4v) is 4.28. The number of carbonyl (C=O) groups excluding carboxylic acids is 1. The van der Waals surface area contributed by atoms with Gasteiger partial charge in [0.15, 0.2) is 5.65 Å². The van der Waals surface area contributed by atoms with Gasteiger partial charge < -0.3 is 10.6 Å². The van der Waals surface area contributed by atoms with E-state index < -0.39 is 0 Å². The number of aromatic nitrogens is 4. The summed E-state index contributed by atoms with van der Waals surface area (Å²) in [5, 5.41) is 4.73. The van der Waals surface area contributed by atoms with Crippen molar-refractivity contribution >= 4 is 17.1 Å². The maximum absolute atomic E-state index is 12.6. The van der Waals surface area contributed by atoms with Gasteiger partial charge in [0.2, 0.25) is 5.91 Å². The van der Waals surface area contributed by atoms with E-state index in [9.17, 15) is 4.79 Å². The normalized spacial score (nSPS) is 21.5. The van der Waals surface area contributed by atoms with Gasteiger partial charge in [-0.05, 0) is 25.2 Å². The zero-order valence-electron chi connectivity index (χ0n) is 14.6. The van der Waals surface area contributed by atoms with Crippen LogP contribution in [0.2, 0.25) is 0 Å². The third-order valence-corrected chi connectivity index (χ3v) is 5.60. The summed E-state index contributed by atoms with van der Waals surface area (Å²) in [4.78, 5) is 23.5. The molecule has 2 N–H and O–H groups in total. The van der Waals surface area contributed by atoms with E-state index in [1.165, 1.54) is 25.7 Å². The molecule has 7 nitrogen and oxygen atoms in total. The smallest absolute Gasteiger partial charge is 0.222 e. The molecular weight excluding hydrogens is 316 g/mol. The first kappa shape index (κ1) is 16.4. The van der Waals surface area contributed by atoms with E-state index in [2.05, 4.69) is 9.97 Å². The Hall–Kier alpha value is -2.02. The maximum atomic E-state index is 12.6. The summed E-state index contributed by atoms with van der Waals surface area (Å²) in [6, 6.07) is 0. The molecule has 3 heterocycles. The van der Waals surface area contributed by atoms with Crippen molar-refractivity contribution in [3.8, 4) is 0 Å². The van der Waals surface area contributed by atoms with Crippen molar-refractivity contribution in [1.82, 2.24) is 24.6 Å². The van der Waals surface area contributed by atoms with Crippen molar-refractivity contribution in [2.45, 2.75) is 51.0 Å². The lowest BCUT2D eigenvalue weighted by molar-refractivity contribution is -0.131. The molecule has 2 aromatic rings. The van der Waals surface area contributed by atoms with Crippen LogP contribution in [0, 0.1) is 5.92 Å². The summed E-state index contributed by atoms with van der Waals surface area (Å²) in [5.74, 6) is 1.15. The minimum atomic E-state index is 0.241. The molecule has 0 aromatic carbocycles. The predicted octanol–water partition coefficient (Wildman–Crippen LogP) is 1.68. The molecule has 1 aliphatic carbocycles. The van der Waals surface area contributed by atoms with Gasteiger partial charge in [-0.2, -0.15) is 5.10 Å². The Morgan fingerprint density at radius 3 is 2.80 bits per heavy atom. The van der Waals surface area contributed by atoms with Crippen LogP contribution < -0.4 is 5.73 Å². The Morgan fingerprint density at radius 1 is 1.20 bits per heavy atom. The van der Waals surface area contributed by atoms with Crippen LogP contribution in [0.3, 0.4) is 0 Å². The quantitative estimate of drug-likeness (QED) is 0.893.